The van der Waals surface area contributed by atoms with E-state index in [1.165, 1.54) is 32.8 Å². The van der Waals surface area contributed by atoms with Crippen LogP contribution < -0.4 is 5.32 Å². The smallest absolute Gasteiger partial charge is 0.0423 e. The Morgan fingerprint density at radius 3 is 2.47 bits per heavy atom. The molecule has 0 heterocycles. The van der Waals surface area contributed by atoms with Gasteiger partial charge in [-0.2, -0.15) is 0 Å². The van der Waals surface area contributed by atoms with Crippen molar-refractivity contribution < 1.29 is 0 Å². The van der Waals surface area contributed by atoms with E-state index in [9.17, 15) is 0 Å². The Morgan fingerprint density at radius 2 is 1.65 bits per heavy atom. The van der Waals surface area contributed by atoms with Crippen molar-refractivity contribution >= 4 is 27.2 Å². The van der Waals surface area contributed by atoms with Crippen molar-refractivity contribution in [2.45, 2.75) is 6.92 Å². The Morgan fingerprint density at radius 1 is 0.824 bits per heavy atom. The summed E-state index contributed by atoms with van der Waals surface area (Å²) >= 11 is 0. The van der Waals surface area contributed by atoms with E-state index in [1.54, 1.807) is 0 Å². The minimum atomic E-state index is 1.19. The van der Waals surface area contributed by atoms with Gasteiger partial charge in [0, 0.05) is 18.1 Å². The average molecular weight is 221 g/mol. The summed E-state index contributed by atoms with van der Waals surface area (Å²) < 4.78 is 0. The van der Waals surface area contributed by atoms with Crippen LogP contribution in [0.1, 0.15) is 5.56 Å². The molecule has 0 aliphatic carbocycles. The van der Waals surface area contributed by atoms with Gasteiger partial charge in [0.05, 0.1) is 0 Å². The van der Waals surface area contributed by atoms with E-state index in [0.717, 1.165) is 0 Å². The summed E-state index contributed by atoms with van der Waals surface area (Å²) in [5, 5.41) is 8.51. The van der Waals surface area contributed by atoms with Gasteiger partial charge in [0.2, 0.25) is 0 Å². The van der Waals surface area contributed by atoms with Gasteiger partial charge in [0.1, 0.15) is 0 Å². The summed E-state index contributed by atoms with van der Waals surface area (Å²) in [6.45, 7) is 2.14. The first-order valence-corrected chi connectivity index (χ1v) is 5.89. The van der Waals surface area contributed by atoms with Gasteiger partial charge in [0.15, 0.2) is 0 Å². The molecule has 1 N–H and O–H groups in total. The molecule has 3 aromatic rings. The highest BCUT2D eigenvalue weighted by atomic mass is 14.8. The maximum Gasteiger partial charge on any atom is 0.0423 e. The van der Waals surface area contributed by atoms with Gasteiger partial charge in [0.25, 0.3) is 0 Å². The van der Waals surface area contributed by atoms with Crippen molar-refractivity contribution in [1.29, 1.82) is 0 Å². The van der Waals surface area contributed by atoms with E-state index < -0.39 is 0 Å². The second-order valence-corrected chi connectivity index (χ2v) is 4.44. The third-order valence-corrected chi connectivity index (χ3v) is 3.29. The molecule has 84 valence electrons. The monoisotopic (exact) mass is 221 g/mol. The summed E-state index contributed by atoms with van der Waals surface area (Å²) in [6.07, 6.45) is 0. The number of fused-ring (bicyclic) bond motifs is 3. The predicted molar refractivity (Wildman–Crippen MR) is 75.7 cm³/mol. The normalized spacial score (nSPS) is 10.9. The number of benzene rings is 3. The van der Waals surface area contributed by atoms with Crippen LogP contribution in [-0.4, -0.2) is 7.05 Å². The van der Waals surface area contributed by atoms with E-state index in [2.05, 4.69) is 60.8 Å². The maximum atomic E-state index is 3.28. The molecule has 0 aliphatic rings. The average Bonchev–Trinajstić information content (AvgIpc) is 2.37. The SMILES string of the molecule is CNc1cc2ccccc2c2cc(C)ccc12. The van der Waals surface area contributed by atoms with E-state index >= 15 is 0 Å². The predicted octanol–water partition coefficient (Wildman–Crippen LogP) is 4.34. The van der Waals surface area contributed by atoms with Crippen molar-refractivity contribution in [3.05, 3.63) is 54.1 Å². The molecule has 3 rings (SSSR count). The summed E-state index contributed by atoms with van der Waals surface area (Å²) in [5.41, 5.74) is 2.50. The molecule has 0 spiro atoms. The van der Waals surface area contributed by atoms with Crippen molar-refractivity contribution in [3.63, 3.8) is 0 Å². The number of rotatable bonds is 1. The minimum Gasteiger partial charge on any atom is -0.388 e. The van der Waals surface area contributed by atoms with Gasteiger partial charge in [-0.3, -0.25) is 0 Å². The summed E-state index contributed by atoms with van der Waals surface area (Å²) in [7, 11) is 1.98. The Labute approximate surface area is 101 Å². The molecule has 0 saturated heterocycles. The molecule has 0 bridgehead atoms. The molecule has 0 fully saturated rings. The molecule has 0 aliphatic heterocycles. The standard InChI is InChI=1S/C16H15N/c1-11-7-8-14-15(9-11)13-6-4-3-5-12(13)10-16(14)17-2/h3-10,17H,1-2H3. The molecular formula is C16H15N. The highest BCUT2D eigenvalue weighted by molar-refractivity contribution is 6.13. The fourth-order valence-electron chi connectivity index (χ4n) is 2.42. The number of aryl methyl sites for hydroxylation is 1. The lowest BCUT2D eigenvalue weighted by Gasteiger charge is -2.10. The first-order chi connectivity index (χ1) is 8.29. The molecule has 0 atom stereocenters. The molecule has 0 unspecified atom stereocenters. The van der Waals surface area contributed by atoms with Crippen LogP contribution in [-0.2, 0) is 0 Å². The molecule has 17 heavy (non-hydrogen) atoms. The quantitative estimate of drug-likeness (QED) is 0.603. The number of hydrogen-bond donors (Lipinski definition) is 1. The summed E-state index contributed by atoms with van der Waals surface area (Å²) in [5.74, 6) is 0. The lowest BCUT2D eigenvalue weighted by atomic mass is 9.99. The zero-order chi connectivity index (χ0) is 11.8. The fourth-order valence-corrected chi connectivity index (χ4v) is 2.42. The van der Waals surface area contributed by atoms with Gasteiger partial charge in [-0.15, -0.1) is 0 Å². The number of hydrogen-bond acceptors (Lipinski definition) is 1. The third-order valence-electron chi connectivity index (χ3n) is 3.29. The van der Waals surface area contributed by atoms with Crippen LogP contribution in [0.3, 0.4) is 0 Å². The summed E-state index contributed by atoms with van der Waals surface area (Å²) in [6, 6.07) is 17.4. The molecular weight excluding hydrogens is 206 g/mol. The highest BCUT2D eigenvalue weighted by Gasteiger charge is 2.05. The molecule has 1 heteroatoms. The molecule has 1 nitrogen and oxygen atoms in total. The number of anilines is 1. The van der Waals surface area contributed by atoms with Gasteiger partial charge in [-0.05, 0) is 29.1 Å². The molecule has 0 saturated carbocycles. The topological polar surface area (TPSA) is 12.0 Å². The Bertz CT molecular complexity index is 698. The lowest BCUT2D eigenvalue weighted by Crippen LogP contribution is -1.90. The molecule has 0 amide bonds. The Kier molecular flexibility index (Phi) is 2.25. The van der Waals surface area contributed by atoms with Crippen LogP contribution in [0.4, 0.5) is 5.69 Å². The van der Waals surface area contributed by atoms with Crippen molar-refractivity contribution in [3.8, 4) is 0 Å². The van der Waals surface area contributed by atoms with Gasteiger partial charge in [-0.25, -0.2) is 0 Å². The van der Waals surface area contributed by atoms with Crippen molar-refractivity contribution in [1.82, 2.24) is 0 Å². The molecule has 0 radical (unpaired) electrons. The van der Waals surface area contributed by atoms with Crippen LogP contribution in [0.15, 0.2) is 48.5 Å². The first kappa shape index (κ1) is 10.2. The lowest BCUT2D eigenvalue weighted by molar-refractivity contribution is 1.50. The minimum absolute atomic E-state index is 1.19. The van der Waals surface area contributed by atoms with Crippen LogP contribution in [0.5, 0.6) is 0 Å². The fraction of sp³-hybridized carbons (Fsp3) is 0.125. The zero-order valence-electron chi connectivity index (χ0n) is 10.1. The van der Waals surface area contributed by atoms with Crippen molar-refractivity contribution in [2.24, 2.45) is 0 Å². The maximum absolute atomic E-state index is 3.28. The molecule has 0 aromatic heterocycles. The van der Waals surface area contributed by atoms with Crippen LogP contribution in [0.25, 0.3) is 21.5 Å². The zero-order valence-corrected chi connectivity index (χ0v) is 10.1. The summed E-state index contributed by atoms with van der Waals surface area (Å²) in [4.78, 5) is 0. The third kappa shape index (κ3) is 1.55. The first-order valence-electron chi connectivity index (χ1n) is 5.89. The largest absolute Gasteiger partial charge is 0.388 e. The second-order valence-electron chi connectivity index (χ2n) is 4.44. The van der Waals surface area contributed by atoms with Gasteiger partial charge >= 0.3 is 0 Å². The van der Waals surface area contributed by atoms with E-state index in [0.29, 0.717) is 0 Å². The van der Waals surface area contributed by atoms with E-state index in [4.69, 9.17) is 0 Å². The highest BCUT2D eigenvalue weighted by Crippen LogP contribution is 2.32. The Hall–Kier alpha value is -2.02. The van der Waals surface area contributed by atoms with Gasteiger partial charge < -0.3 is 5.32 Å². The number of nitrogens with one attached hydrogen (secondary N) is 1. The second kappa shape index (κ2) is 3.77. The van der Waals surface area contributed by atoms with Crippen LogP contribution in [0, 0.1) is 6.92 Å². The molecule has 3 aromatic carbocycles. The van der Waals surface area contributed by atoms with Crippen LogP contribution >= 0.6 is 0 Å². The van der Waals surface area contributed by atoms with E-state index in [-0.39, 0.29) is 0 Å². The van der Waals surface area contributed by atoms with Crippen LogP contribution in [0.2, 0.25) is 0 Å². The van der Waals surface area contributed by atoms with E-state index in [1.807, 2.05) is 7.05 Å². The van der Waals surface area contributed by atoms with Crippen molar-refractivity contribution in [2.75, 3.05) is 12.4 Å². The Balaban J connectivity index is 2.56. The van der Waals surface area contributed by atoms with Gasteiger partial charge in [-0.1, -0.05) is 48.0 Å².